The van der Waals surface area contributed by atoms with Gasteiger partial charge in [-0.2, -0.15) is 0 Å². The van der Waals surface area contributed by atoms with Gasteiger partial charge in [0.15, 0.2) is 5.82 Å². The Kier molecular flexibility index (Phi) is 4.46. The summed E-state index contributed by atoms with van der Waals surface area (Å²) in [6.45, 7) is 0. The first kappa shape index (κ1) is 13.5. The molecule has 0 aliphatic carbocycles. The Morgan fingerprint density at radius 1 is 1.16 bits per heavy atom. The van der Waals surface area contributed by atoms with Crippen molar-refractivity contribution in [1.29, 1.82) is 0 Å². The van der Waals surface area contributed by atoms with Crippen molar-refractivity contribution >= 4 is 17.6 Å². The Labute approximate surface area is 116 Å². The number of benzene rings is 1. The summed E-state index contributed by atoms with van der Waals surface area (Å²) in [7, 11) is 3.28. The quantitative estimate of drug-likeness (QED) is 0.846. The molecule has 1 heterocycles. The van der Waals surface area contributed by atoms with Crippen molar-refractivity contribution in [2.75, 3.05) is 20.0 Å². The highest BCUT2D eigenvalue weighted by Crippen LogP contribution is 2.31. The lowest BCUT2D eigenvalue weighted by Gasteiger charge is -2.10. The fourth-order valence-electron chi connectivity index (χ4n) is 1.59. The van der Waals surface area contributed by atoms with Gasteiger partial charge in [0.25, 0.3) is 0 Å². The third-order valence-corrected chi connectivity index (χ3v) is 3.59. The molecule has 0 saturated heterocycles. The molecule has 0 atom stereocenters. The minimum Gasteiger partial charge on any atom is -0.497 e. The van der Waals surface area contributed by atoms with Gasteiger partial charge in [-0.1, -0.05) is 11.8 Å². The van der Waals surface area contributed by atoms with Crippen LogP contribution in [0.4, 0.5) is 5.82 Å². The Bertz CT molecular complexity index is 563. The molecule has 0 radical (unpaired) electrons. The molecule has 1 aromatic heterocycles. The topological polar surface area (TPSA) is 70.3 Å². The fraction of sp³-hybridized carbons (Fsp3) is 0.231. The van der Waals surface area contributed by atoms with Gasteiger partial charge in [0.1, 0.15) is 16.5 Å². The second-order valence-electron chi connectivity index (χ2n) is 3.71. The van der Waals surface area contributed by atoms with E-state index in [1.807, 2.05) is 18.2 Å². The van der Waals surface area contributed by atoms with Crippen LogP contribution in [0.3, 0.4) is 0 Å². The molecule has 0 fully saturated rings. The highest BCUT2D eigenvalue weighted by atomic mass is 32.2. The number of hydrogen-bond donors (Lipinski definition) is 1. The van der Waals surface area contributed by atoms with Gasteiger partial charge in [-0.15, -0.1) is 0 Å². The van der Waals surface area contributed by atoms with Crippen molar-refractivity contribution in [2.24, 2.45) is 0 Å². The number of rotatable bonds is 5. The van der Waals surface area contributed by atoms with Crippen LogP contribution in [0.2, 0.25) is 0 Å². The Morgan fingerprint density at radius 3 is 2.63 bits per heavy atom. The van der Waals surface area contributed by atoms with Gasteiger partial charge in [0, 0.05) is 23.7 Å². The maximum Gasteiger partial charge on any atom is 0.156 e. The van der Waals surface area contributed by atoms with Crippen LogP contribution in [0.25, 0.3) is 0 Å². The highest BCUT2D eigenvalue weighted by molar-refractivity contribution is 7.98. The average molecular weight is 277 g/mol. The number of thioether (sulfide) groups is 1. The second kappa shape index (κ2) is 6.29. The third kappa shape index (κ3) is 3.29. The lowest BCUT2D eigenvalue weighted by Crippen LogP contribution is -1.96. The summed E-state index contributed by atoms with van der Waals surface area (Å²) in [5.41, 5.74) is 6.79. The first-order valence-corrected chi connectivity index (χ1v) is 6.63. The first-order valence-electron chi connectivity index (χ1n) is 5.64. The van der Waals surface area contributed by atoms with Gasteiger partial charge in [-0.05, 0) is 18.2 Å². The van der Waals surface area contributed by atoms with Gasteiger partial charge in [0.05, 0.1) is 14.2 Å². The molecule has 0 amide bonds. The Morgan fingerprint density at radius 2 is 1.95 bits per heavy atom. The van der Waals surface area contributed by atoms with Gasteiger partial charge in [0.2, 0.25) is 0 Å². The van der Waals surface area contributed by atoms with Crippen LogP contribution in [-0.2, 0) is 5.75 Å². The van der Waals surface area contributed by atoms with E-state index in [9.17, 15) is 0 Å². The second-order valence-corrected chi connectivity index (χ2v) is 4.68. The van der Waals surface area contributed by atoms with Gasteiger partial charge >= 0.3 is 0 Å². The molecule has 0 spiro atoms. The maximum absolute atomic E-state index is 5.76. The summed E-state index contributed by atoms with van der Waals surface area (Å²) < 4.78 is 10.5. The number of aromatic nitrogens is 2. The van der Waals surface area contributed by atoms with E-state index >= 15 is 0 Å². The molecule has 0 bridgehead atoms. The average Bonchev–Trinajstić information content (AvgIpc) is 2.46. The van der Waals surface area contributed by atoms with E-state index < -0.39 is 0 Å². The number of methoxy groups -OCH3 is 2. The molecule has 0 aliphatic rings. The zero-order valence-electron chi connectivity index (χ0n) is 10.8. The zero-order chi connectivity index (χ0) is 13.7. The molecular weight excluding hydrogens is 262 g/mol. The number of nitrogens with zero attached hydrogens (tertiary/aromatic N) is 2. The molecular formula is C13H15N3O2S. The molecule has 0 aliphatic heterocycles. The van der Waals surface area contributed by atoms with Crippen LogP contribution in [0.5, 0.6) is 11.5 Å². The van der Waals surface area contributed by atoms with E-state index in [2.05, 4.69) is 9.97 Å². The van der Waals surface area contributed by atoms with Gasteiger partial charge in [-0.25, -0.2) is 9.97 Å². The molecule has 2 N–H and O–H groups in total. The normalized spacial score (nSPS) is 10.2. The molecule has 2 aromatic rings. The molecule has 0 unspecified atom stereocenters. The van der Waals surface area contributed by atoms with Crippen molar-refractivity contribution in [1.82, 2.24) is 9.97 Å². The van der Waals surface area contributed by atoms with Crippen LogP contribution < -0.4 is 15.2 Å². The van der Waals surface area contributed by atoms with E-state index in [0.29, 0.717) is 16.6 Å². The SMILES string of the molecule is COc1ccc(OC)c(CSc2nccnc2N)c1. The van der Waals surface area contributed by atoms with E-state index in [1.54, 1.807) is 26.6 Å². The van der Waals surface area contributed by atoms with Crippen LogP contribution in [-0.4, -0.2) is 24.2 Å². The van der Waals surface area contributed by atoms with Crippen molar-refractivity contribution in [3.05, 3.63) is 36.2 Å². The van der Waals surface area contributed by atoms with Crippen molar-refractivity contribution in [2.45, 2.75) is 10.8 Å². The molecule has 19 heavy (non-hydrogen) atoms. The number of ether oxygens (including phenoxy) is 2. The summed E-state index contributed by atoms with van der Waals surface area (Å²) in [5.74, 6) is 2.73. The van der Waals surface area contributed by atoms with E-state index in [1.165, 1.54) is 11.8 Å². The van der Waals surface area contributed by atoms with Crippen LogP contribution in [0, 0.1) is 0 Å². The lowest BCUT2D eigenvalue weighted by atomic mass is 10.2. The lowest BCUT2D eigenvalue weighted by molar-refractivity contribution is 0.400. The van der Waals surface area contributed by atoms with E-state index in [4.69, 9.17) is 15.2 Å². The predicted octanol–water partition coefficient (Wildman–Crippen LogP) is 2.37. The van der Waals surface area contributed by atoms with Crippen molar-refractivity contribution in [3.8, 4) is 11.5 Å². The summed E-state index contributed by atoms with van der Waals surface area (Å²) >= 11 is 1.51. The Hall–Kier alpha value is -1.95. The summed E-state index contributed by atoms with van der Waals surface area (Å²) in [6, 6.07) is 5.69. The van der Waals surface area contributed by atoms with E-state index in [0.717, 1.165) is 17.1 Å². The number of hydrogen-bond acceptors (Lipinski definition) is 6. The van der Waals surface area contributed by atoms with Crippen molar-refractivity contribution in [3.63, 3.8) is 0 Å². The minimum absolute atomic E-state index is 0.439. The van der Waals surface area contributed by atoms with Crippen LogP contribution in [0.1, 0.15) is 5.56 Å². The third-order valence-electron chi connectivity index (χ3n) is 2.54. The number of anilines is 1. The largest absolute Gasteiger partial charge is 0.497 e. The molecule has 0 saturated carbocycles. The summed E-state index contributed by atoms with van der Waals surface area (Å²) in [5, 5.41) is 0.715. The molecule has 2 rings (SSSR count). The van der Waals surface area contributed by atoms with Crippen LogP contribution >= 0.6 is 11.8 Å². The van der Waals surface area contributed by atoms with Crippen molar-refractivity contribution < 1.29 is 9.47 Å². The number of nitrogen functional groups attached to an aromatic ring is 1. The standard InChI is InChI=1S/C13H15N3O2S/c1-17-10-3-4-11(18-2)9(7-10)8-19-13-12(14)15-5-6-16-13/h3-7H,8H2,1-2H3,(H2,14,15). The Balaban J connectivity index is 2.16. The molecule has 5 nitrogen and oxygen atoms in total. The van der Waals surface area contributed by atoms with Gasteiger partial charge in [-0.3, -0.25) is 0 Å². The summed E-state index contributed by atoms with van der Waals surface area (Å²) in [4.78, 5) is 8.20. The number of nitrogens with two attached hydrogens (primary N) is 1. The first-order chi connectivity index (χ1) is 9.24. The zero-order valence-corrected chi connectivity index (χ0v) is 11.6. The monoisotopic (exact) mass is 277 g/mol. The molecule has 100 valence electrons. The minimum atomic E-state index is 0.439. The molecule has 1 aromatic carbocycles. The summed E-state index contributed by atoms with van der Waals surface area (Å²) in [6.07, 6.45) is 3.20. The van der Waals surface area contributed by atoms with Gasteiger partial charge < -0.3 is 15.2 Å². The highest BCUT2D eigenvalue weighted by Gasteiger charge is 2.08. The fourth-order valence-corrected chi connectivity index (χ4v) is 2.44. The smallest absolute Gasteiger partial charge is 0.156 e. The van der Waals surface area contributed by atoms with E-state index in [-0.39, 0.29) is 0 Å². The predicted molar refractivity (Wildman–Crippen MR) is 75.6 cm³/mol. The van der Waals surface area contributed by atoms with Crippen LogP contribution in [0.15, 0.2) is 35.6 Å². The molecule has 6 heteroatoms. The maximum atomic E-state index is 5.76.